The highest BCUT2D eigenvalue weighted by molar-refractivity contribution is 6.16. The molecule has 10 aromatic carbocycles. The molecule has 0 saturated heterocycles. The highest BCUT2D eigenvalue weighted by Crippen LogP contribution is 2.52. The second-order valence-corrected chi connectivity index (χ2v) is 18.4. The first-order valence-electron chi connectivity index (χ1n) is 23.1. The molecule has 0 atom stereocenters. The summed E-state index contributed by atoms with van der Waals surface area (Å²) in [4.78, 5) is 2.40. The van der Waals surface area contributed by atoms with Gasteiger partial charge in [0.15, 0.2) is 0 Å². The summed E-state index contributed by atoms with van der Waals surface area (Å²) < 4.78 is 15.4. The Balaban J connectivity index is 0.899. The molecular weight excluding hydrogens is 817 g/mol. The third-order valence-electron chi connectivity index (χ3n) is 14.4. The number of aromatic nitrogens is 1. The fraction of sp³-hybridized carbons (Fsp3) is 0.0476. The quantitative estimate of drug-likeness (QED) is 0.167. The molecule has 0 bridgehead atoms. The minimum atomic E-state index is -0.146. The van der Waals surface area contributed by atoms with Crippen LogP contribution in [0.25, 0.3) is 105 Å². The Morgan fingerprint density at radius 2 is 0.970 bits per heavy atom. The molecule has 0 radical (unpaired) electrons. The Bertz CT molecular complexity index is 4130. The van der Waals surface area contributed by atoms with Crippen LogP contribution in [0.3, 0.4) is 0 Å². The van der Waals surface area contributed by atoms with E-state index in [1.54, 1.807) is 0 Å². The molecule has 67 heavy (non-hydrogen) atoms. The van der Waals surface area contributed by atoms with Gasteiger partial charge in [-0.25, -0.2) is 0 Å². The molecule has 0 amide bonds. The van der Waals surface area contributed by atoms with Gasteiger partial charge in [-0.15, -0.1) is 0 Å². The molecule has 1 aliphatic rings. The molecule has 4 heteroatoms. The lowest BCUT2D eigenvalue weighted by Gasteiger charge is -2.28. The number of rotatable bonds is 6. The molecule has 0 N–H and O–H groups in total. The van der Waals surface area contributed by atoms with Gasteiger partial charge >= 0.3 is 0 Å². The van der Waals surface area contributed by atoms with E-state index >= 15 is 0 Å². The maximum Gasteiger partial charge on any atom is 0.137 e. The van der Waals surface area contributed by atoms with Crippen LogP contribution in [0.15, 0.2) is 227 Å². The van der Waals surface area contributed by atoms with E-state index in [2.05, 4.69) is 236 Å². The number of furan rings is 2. The molecule has 3 heterocycles. The first-order valence-corrected chi connectivity index (χ1v) is 23.1. The molecular formula is C63H42N2O2. The summed E-state index contributed by atoms with van der Waals surface area (Å²) in [5, 5.41) is 6.87. The van der Waals surface area contributed by atoms with Crippen LogP contribution in [-0.2, 0) is 5.41 Å². The van der Waals surface area contributed by atoms with Gasteiger partial charge in [-0.1, -0.05) is 141 Å². The lowest BCUT2D eigenvalue weighted by Crippen LogP contribution is -2.16. The second kappa shape index (κ2) is 14.2. The summed E-state index contributed by atoms with van der Waals surface area (Å²) in [6.45, 7) is 4.69. The number of hydrogen-bond donors (Lipinski definition) is 0. The minimum absolute atomic E-state index is 0.146. The van der Waals surface area contributed by atoms with Crippen LogP contribution in [0.1, 0.15) is 25.0 Å². The van der Waals surface area contributed by atoms with Gasteiger partial charge in [-0.05, 0) is 136 Å². The predicted molar refractivity (Wildman–Crippen MR) is 278 cm³/mol. The number of anilines is 3. The van der Waals surface area contributed by atoms with Crippen LogP contribution in [0.2, 0.25) is 0 Å². The van der Waals surface area contributed by atoms with Crippen molar-refractivity contribution in [2.24, 2.45) is 0 Å². The first-order chi connectivity index (χ1) is 33.0. The van der Waals surface area contributed by atoms with Crippen molar-refractivity contribution >= 4 is 82.7 Å². The van der Waals surface area contributed by atoms with Crippen molar-refractivity contribution < 1.29 is 8.83 Å². The highest BCUT2D eigenvalue weighted by Gasteiger charge is 2.36. The van der Waals surface area contributed by atoms with Crippen LogP contribution in [0.5, 0.6) is 0 Å². The first kappa shape index (κ1) is 37.7. The molecule has 3 aromatic heterocycles. The van der Waals surface area contributed by atoms with Crippen LogP contribution in [0, 0.1) is 0 Å². The standard InChI is InChI=1S/C63H42N2O2/c1-63(2)52-20-9-6-16-46(52)47-33-32-44(38-53(47)63)64(56-22-13-25-60-62(56)49-18-8-11-23-57(49)66-60)43-30-26-39(27-31-43)45-19-12-24-59-61(45)51-37-41(29-35-58(51)67-59)40-28-34-55-50(36-40)48-17-7-10-21-54(48)65(55)42-14-4-3-5-15-42/h3-38H,1-2H3. The smallest absolute Gasteiger partial charge is 0.137 e. The SMILES string of the molecule is CC1(C)c2ccccc2-c2ccc(N(c3ccc(-c4cccc5oc6ccc(-c7ccc8c(c7)c7ccccc7n8-c7ccccc7)cc6c45)cc3)c3cccc4oc5ccccc5c34)cc21. The Hall–Kier alpha value is -8.60. The zero-order valence-corrected chi connectivity index (χ0v) is 37.0. The van der Waals surface area contributed by atoms with Gasteiger partial charge in [0.05, 0.1) is 22.1 Å². The van der Waals surface area contributed by atoms with Crippen LogP contribution < -0.4 is 4.90 Å². The topological polar surface area (TPSA) is 34.5 Å². The normalized spacial score (nSPS) is 13.0. The van der Waals surface area contributed by atoms with E-state index in [0.29, 0.717) is 0 Å². The Morgan fingerprint density at radius 1 is 0.373 bits per heavy atom. The summed E-state index contributed by atoms with van der Waals surface area (Å²) in [6, 6.07) is 78.9. The van der Waals surface area contributed by atoms with Gasteiger partial charge in [0, 0.05) is 49.4 Å². The van der Waals surface area contributed by atoms with E-state index in [9.17, 15) is 0 Å². The molecule has 0 aliphatic heterocycles. The summed E-state index contributed by atoms with van der Waals surface area (Å²) in [7, 11) is 0. The highest BCUT2D eigenvalue weighted by atomic mass is 16.3. The average Bonchev–Trinajstić information content (AvgIpc) is 4.11. The third kappa shape index (κ3) is 5.60. The Labute approximate surface area is 387 Å². The maximum atomic E-state index is 6.59. The van der Waals surface area contributed by atoms with Gasteiger partial charge in [-0.2, -0.15) is 0 Å². The van der Waals surface area contributed by atoms with Crippen LogP contribution in [-0.4, -0.2) is 4.57 Å². The zero-order chi connectivity index (χ0) is 44.4. The van der Waals surface area contributed by atoms with Gasteiger partial charge in [0.25, 0.3) is 0 Å². The number of nitrogens with zero attached hydrogens (tertiary/aromatic N) is 2. The lowest BCUT2D eigenvalue weighted by molar-refractivity contribution is 0.660. The predicted octanol–water partition coefficient (Wildman–Crippen LogP) is 17.7. The number of hydrogen-bond acceptors (Lipinski definition) is 3. The summed E-state index contributed by atoms with van der Waals surface area (Å²) >= 11 is 0. The zero-order valence-electron chi connectivity index (χ0n) is 37.0. The van der Waals surface area contributed by atoms with Crippen molar-refractivity contribution in [1.82, 2.24) is 4.57 Å². The monoisotopic (exact) mass is 858 g/mol. The molecule has 316 valence electrons. The van der Waals surface area contributed by atoms with Gasteiger partial charge in [-0.3, -0.25) is 0 Å². The van der Waals surface area contributed by atoms with Gasteiger partial charge in [0.1, 0.15) is 22.3 Å². The summed E-state index contributed by atoms with van der Waals surface area (Å²) in [5.41, 5.74) is 20.0. The largest absolute Gasteiger partial charge is 0.456 e. The number of benzene rings is 10. The molecule has 0 spiro atoms. The summed E-state index contributed by atoms with van der Waals surface area (Å²) in [5.74, 6) is 0. The molecule has 0 fully saturated rings. The fourth-order valence-electron chi connectivity index (χ4n) is 11.2. The van der Waals surface area contributed by atoms with E-state index in [-0.39, 0.29) is 5.41 Å². The third-order valence-corrected chi connectivity index (χ3v) is 14.4. The van der Waals surface area contributed by atoms with Crippen molar-refractivity contribution in [3.63, 3.8) is 0 Å². The van der Waals surface area contributed by atoms with Gasteiger partial charge < -0.3 is 18.3 Å². The van der Waals surface area contributed by atoms with Crippen molar-refractivity contribution in [1.29, 1.82) is 0 Å². The van der Waals surface area contributed by atoms with Crippen molar-refractivity contribution in [3.8, 4) is 39.1 Å². The average molecular weight is 859 g/mol. The lowest BCUT2D eigenvalue weighted by atomic mass is 9.82. The molecule has 13 aromatic rings. The summed E-state index contributed by atoms with van der Waals surface area (Å²) in [6.07, 6.45) is 0. The van der Waals surface area contributed by atoms with Crippen LogP contribution >= 0.6 is 0 Å². The molecule has 4 nitrogen and oxygen atoms in total. The molecule has 1 aliphatic carbocycles. The van der Waals surface area contributed by atoms with E-state index in [1.165, 1.54) is 49.6 Å². The molecule has 0 unspecified atom stereocenters. The van der Waals surface area contributed by atoms with E-state index in [1.807, 2.05) is 6.07 Å². The van der Waals surface area contributed by atoms with E-state index in [0.717, 1.165) is 83.3 Å². The molecule has 14 rings (SSSR count). The number of para-hydroxylation sites is 3. The molecule has 0 saturated carbocycles. The Morgan fingerprint density at radius 3 is 1.82 bits per heavy atom. The van der Waals surface area contributed by atoms with Crippen LogP contribution in [0.4, 0.5) is 17.1 Å². The second-order valence-electron chi connectivity index (χ2n) is 18.4. The number of fused-ring (bicyclic) bond motifs is 12. The van der Waals surface area contributed by atoms with E-state index < -0.39 is 0 Å². The maximum absolute atomic E-state index is 6.59. The van der Waals surface area contributed by atoms with Crippen molar-refractivity contribution in [3.05, 3.63) is 230 Å². The van der Waals surface area contributed by atoms with Gasteiger partial charge in [0.2, 0.25) is 0 Å². The van der Waals surface area contributed by atoms with Crippen molar-refractivity contribution in [2.45, 2.75) is 19.3 Å². The van der Waals surface area contributed by atoms with E-state index in [4.69, 9.17) is 8.83 Å². The van der Waals surface area contributed by atoms with Crippen molar-refractivity contribution in [2.75, 3.05) is 4.90 Å². The fourth-order valence-corrected chi connectivity index (χ4v) is 11.2. The Kier molecular flexibility index (Phi) is 8.00. The minimum Gasteiger partial charge on any atom is -0.456 e.